The Bertz CT molecular complexity index is 1620. The van der Waals surface area contributed by atoms with Crippen LogP contribution in [-0.2, 0) is 10.5 Å². The molecule has 8 nitrogen and oxygen atoms in total. The van der Waals surface area contributed by atoms with E-state index in [1.54, 1.807) is 22.7 Å². The van der Waals surface area contributed by atoms with E-state index in [0.29, 0.717) is 42.5 Å². The van der Waals surface area contributed by atoms with Crippen molar-refractivity contribution in [3.63, 3.8) is 0 Å². The number of nitrogens with zero attached hydrogens (tertiary/aromatic N) is 5. The van der Waals surface area contributed by atoms with E-state index >= 15 is 4.39 Å². The number of hydrogen-bond acceptors (Lipinski definition) is 7. The molecule has 2 aromatic carbocycles. The van der Waals surface area contributed by atoms with Gasteiger partial charge in [0.05, 0.1) is 17.6 Å². The number of carbonyl (C=O) groups excluding carboxylic acids is 2. The van der Waals surface area contributed by atoms with Gasteiger partial charge < -0.3 is 14.2 Å². The molecule has 7 rings (SSSR count). The molecule has 1 spiro atoms. The van der Waals surface area contributed by atoms with Gasteiger partial charge in [-0.1, -0.05) is 56.3 Å². The van der Waals surface area contributed by atoms with Crippen molar-refractivity contribution in [2.75, 3.05) is 26.2 Å². The topological polar surface area (TPSA) is 92.4 Å². The minimum Gasteiger partial charge on any atom is -0.421 e. The van der Waals surface area contributed by atoms with Gasteiger partial charge in [0.2, 0.25) is 17.5 Å². The second-order valence-corrected chi connectivity index (χ2v) is 13.3. The van der Waals surface area contributed by atoms with Gasteiger partial charge in [-0.05, 0) is 29.5 Å². The standard InChI is InChI=1S/C30H30FN5O3S/c1-28(2)11-21(28)25(37)36-15-30(16-36)14-35(26(38)23-12-32-17-40-23)13-22(30)24-33-34-27(39-24)29(3,31)20-10-6-8-18-7-4-5-9-19(18)20/h4-10,12,17,21-22H,11,13-16H2,1-3H3/t21-,22?,29?/m1/s1. The lowest BCUT2D eigenvalue weighted by atomic mass is 9.71. The van der Waals surface area contributed by atoms with Gasteiger partial charge in [0.1, 0.15) is 4.88 Å². The van der Waals surface area contributed by atoms with Crippen LogP contribution in [0.4, 0.5) is 4.39 Å². The van der Waals surface area contributed by atoms with Crippen molar-refractivity contribution < 1.29 is 18.4 Å². The number of aromatic nitrogens is 3. The van der Waals surface area contributed by atoms with Crippen LogP contribution in [0.3, 0.4) is 0 Å². The molecule has 4 heterocycles. The summed E-state index contributed by atoms with van der Waals surface area (Å²) in [5, 5.41) is 10.2. The van der Waals surface area contributed by atoms with Crippen LogP contribution in [0.2, 0.25) is 0 Å². The largest absolute Gasteiger partial charge is 0.421 e. The molecule has 3 aliphatic rings. The molecule has 2 amide bonds. The van der Waals surface area contributed by atoms with Crippen LogP contribution in [0.15, 0.2) is 58.6 Å². The summed E-state index contributed by atoms with van der Waals surface area (Å²) in [6, 6.07) is 13.1. The number of halogens is 1. The molecule has 0 N–H and O–H groups in total. The molecule has 40 heavy (non-hydrogen) atoms. The summed E-state index contributed by atoms with van der Waals surface area (Å²) in [5.74, 6) is -0.0259. The summed E-state index contributed by atoms with van der Waals surface area (Å²) in [5.41, 5.74) is -0.314. The van der Waals surface area contributed by atoms with Crippen molar-refractivity contribution in [1.82, 2.24) is 25.0 Å². The summed E-state index contributed by atoms with van der Waals surface area (Å²) in [6.07, 6.45) is 2.47. The van der Waals surface area contributed by atoms with E-state index in [1.807, 2.05) is 41.3 Å². The maximum Gasteiger partial charge on any atom is 0.265 e. The molecular formula is C30H30FN5O3S. The van der Waals surface area contributed by atoms with Gasteiger partial charge in [0, 0.05) is 43.1 Å². The second kappa shape index (κ2) is 8.67. The van der Waals surface area contributed by atoms with Gasteiger partial charge in [-0.2, -0.15) is 0 Å². The Balaban J connectivity index is 1.20. The lowest BCUT2D eigenvalue weighted by Gasteiger charge is -2.50. The van der Waals surface area contributed by atoms with Crippen molar-refractivity contribution in [3.8, 4) is 0 Å². The van der Waals surface area contributed by atoms with E-state index in [0.717, 1.165) is 17.2 Å². The van der Waals surface area contributed by atoms with Crippen molar-refractivity contribution in [1.29, 1.82) is 0 Å². The molecule has 4 aromatic rings. The summed E-state index contributed by atoms with van der Waals surface area (Å²) in [6.45, 7) is 7.49. The Kier molecular flexibility index (Phi) is 5.49. The third-order valence-electron chi connectivity index (χ3n) is 9.15. The van der Waals surface area contributed by atoms with Crippen LogP contribution in [-0.4, -0.2) is 63.0 Å². The highest BCUT2D eigenvalue weighted by Crippen LogP contribution is 2.56. The molecule has 2 unspecified atom stereocenters. The Morgan fingerprint density at radius 1 is 1.07 bits per heavy atom. The molecule has 2 saturated heterocycles. The van der Waals surface area contributed by atoms with E-state index in [1.165, 1.54) is 18.3 Å². The Labute approximate surface area is 235 Å². The number of benzene rings is 2. The molecule has 3 atom stereocenters. The van der Waals surface area contributed by atoms with Crippen LogP contribution in [0.1, 0.15) is 60.1 Å². The molecule has 0 radical (unpaired) electrons. The van der Waals surface area contributed by atoms with E-state index in [9.17, 15) is 9.59 Å². The highest BCUT2D eigenvalue weighted by Gasteiger charge is 2.62. The summed E-state index contributed by atoms with van der Waals surface area (Å²) in [4.78, 5) is 34.7. The average Bonchev–Trinajstić information content (AvgIpc) is 3.46. The van der Waals surface area contributed by atoms with Crippen molar-refractivity contribution >= 4 is 33.9 Å². The zero-order valence-corrected chi connectivity index (χ0v) is 23.4. The highest BCUT2D eigenvalue weighted by atomic mass is 32.1. The minimum absolute atomic E-state index is 0.0394. The minimum atomic E-state index is -2.02. The van der Waals surface area contributed by atoms with Crippen LogP contribution in [0, 0.1) is 16.7 Å². The number of amides is 2. The number of thiazole rings is 1. The summed E-state index contributed by atoms with van der Waals surface area (Å²) < 4.78 is 22.6. The molecule has 2 aromatic heterocycles. The van der Waals surface area contributed by atoms with E-state index in [2.05, 4.69) is 29.0 Å². The van der Waals surface area contributed by atoms with E-state index < -0.39 is 11.1 Å². The quantitative estimate of drug-likeness (QED) is 0.341. The van der Waals surface area contributed by atoms with E-state index in [-0.39, 0.29) is 35.0 Å². The lowest BCUT2D eigenvalue weighted by molar-refractivity contribution is -0.146. The molecule has 206 valence electrons. The molecule has 1 aliphatic carbocycles. The van der Waals surface area contributed by atoms with Crippen LogP contribution < -0.4 is 0 Å². The monoisotopic (exact) mass is 559 g/mol. The third kappa shape index (κ3) is 3.87. The van der Waals surface area contributed by atoms with Gasteiger partial charge in [0.25, 0.3) is 11.8 Å². The molecular weight excluding hydrogens is 529 g/mol. The zero-order chi connectivity index (χ0) is 27.9. The van der Waals surface area contributed by atoms with Gasteiger partial charge in [-0.3, -0.25) is 14.6 Å². The fourth-order valence-electron chi connectivity index (χ4n) is 6.56. The highest BCUT2D eigenvalue weighted by molar-refractivity contribution is 7.11. The lowest BCUT2D eigenvalue weighted by Crippen LogP contribution is -2.62. The number of likely N-dealkylation sites (tertiary alicyclic amines) is 2. The van der Waals surface area contributed by atoms with Gasteiger partial charge in [-0.15, -0.1) is 21.5 Å². The molecule has 2 aliphatic heterocycles. The normalized spacial score (nSPS) is 24.2. The summed E-state index contributed by atoms with van der Waals surface area (Å²) in [7, 11) is 0. The molecule has 10 heteroatoms. The number of rotatable bonds is 5. The Morgan fingerprint density at radius 3 is 2.52 bits per heavy atom. The maximum atomic E-state index is 16.5. The number of fused-ring (bicyclic) bond motifs is 1. The van der Waals surface area contributed by atoms with Crippen molar-refractivity contribution in [3.05, 3.63) is 76.4 Å². The average molecular weight is 560 g/mol. The molecule has 1 saturated carbocycles. The van der Waals surface area contributed by atoms with Gasteiger partial charge in [0.15, 0.2) is 0 Å². The molecule has 0 bridgehead atoms. The molecule has 3 fully saturated rings. The smallest absolute Gasteiger partial charge is 0.265 e. The first-order chi connectivity index (χ1) is 19.1. The number of carbonyl (C=O) groups is 2. The zero-order valence-electron chi connectivity index (χ0n) is 22.6. The number of alkyl halides is 1. The van der Waals surface area contributed by atoms with Crippen LogP contribution in [0.25, 0.3) is 10.8 Å². The van der Waals surface area contributed by atoms with Crippen LogP contribution >= 0.6 is 11.3 Å². The first-order valence-corrected chi connectivity index (χ1v) is 14.4. The first-order valence-electron chi connectivity index (χ1n) is 13.6. The SMILES string of the molecule is CC(F)(c1nnc(C2CN(C(=O)c3cncs3)CC23CN(C(=O)[C@H]2CC2(C)C)C3)o1)c1cccc2ccccc12. The van der Waals surface area contributed by atoms with Gasteiger partial charge >= 0.3 is 0 Å². The fraction of sp³-hybridized carbons (Fsp3) is 0.433. The predicted octanol–water partition coefficient (Wildman–Crippen LogP) is 5.03. The Hall–Kier alpha value is -3.66. The van der Waals surface area contributed by atoms with Crippen molar-refractivity contribution in [2.24, 2.45) is 16.7 Å². The van der Waals surface area contributed by atoms with Crippen molar-refractivity contribution in [2.45, 2.75) is 38.8 Å². The van der Waals surface area contributed by atoms with Crippen LogP contribution in [0.5, 0.6) is 0 Å². The maximum absolute atomic E-state index is 16.5. The van der Waals surface area contributed by atoms with Gasteiger partial charge in [-0.25, -0.2) is 4.39 Å². The predicted molar refractivity (Wildman–Crippen MR) is 147 cm³/mol. The summed E-state index contributed by atoms with van der Waals surface area (Å²) >= 11 is 1.30. The van der Waals surface area contributed by atoms with E-state index in [4.69, 9.17) is 4.42 Å². The third-order valence-corrected chi connectivity index (χ3v) is 9.91. The number of hydrogen-bond donors (Lipinski definition) is 0. The first kappa shape index (κ1) is 25.3. The fourth-order valence-corrected chi connectivity index (χ4v) is 7.14. The Morgan fingerprint density at radius 2 is 1.80 bits per heavy atom. The second-order valence-electron chi connectivity index (χ2n) is 12.4.